The number of hydrogen-bond acceptors (Lipinski definition) is 2. The Bertz CT molecular complexity index is 539. The summed E-state index contributed by atoms with van der Waals surface area (Å²) in [6.07, 6.45) is -4.24. The average molecular weight is 286 g/mol. The van der Waals surface area contributed by atoms with Crippen molar-refractivity contribution in [1.82, 2.24) is 0 Å². The molecule has 0 aliphatic heterocycles. The Morgan fingerprint density at radius 1 is 1.00 bits per heavy atom. The van der Waals surface area contributed by atoms with Crippen LogP contribution in [-0.2, 0) is 4.74 Å². The molecule has 0 heterocycles. The lowest BCUT2D eigenvalue weighted by Crippen LogP contribution is -2.17. The highest BCUT2D eigenvalue weighted by atomic mass is 32.2. The van der Waals surface area contributed by atoms with Gasteiger partial charge in [0.2, 0.25) is 0 Å². The van der Waals surface area contributed by atoms with Crippen LogP contribution in [0.15, 0.2) is 47.4 Å². The molecular weight excluding hydrogens is 273 g/mol. The summed E-state index contributed by atoms with van der Waals surface area (Å²) in [7, 11) is 0. The Hall–Kier alpha value is -1.20. The molecule has 0 aliphatic rings. The first-order valence-corrected chi connectivity index (χ1v) is 6.79. The minimum Gasteiger partial charge on any atom is -0.371 e. The number of benzene rings is 2. The Balaban J connectivity index is 1.82. The van der Waals surface area contributed by atoms with Crippen molar-refractivity contribution in [2.75, 3.05) is 19.0 Å². The van der Waals surface area contributed by atoms with Gasteiger partial charge in [0.1, 0.15) is 6.61 Å². The van der Waals surface area contributed by atoms with Crippen molar-refractivity contribution in [3.63, 3.8) is 0 Å². The zero-order valence-corrected chi connectivity index (χ0v) is 10.9. The molecule has 1 nitrogen and oxygen atoms in total. The smallest absolute Gasteiger partial charge is 0.371 e. The number of alkyl halides is 3. The highest BCUT2D eigenvalue weighted by Crippen LogP contribution is 2.23. The van der Waals surface area contributed by atoms with Gasteiger partial charge in [-0.15, -0.1) is 11.8 Å². The number of thioether (sulfide) groups is 1. The molecule has 0 aromatic heterocycles. The van der Waals surface area contributed by atoms with E-state index in [0.29, 0.717) is 5.75 Å². The van der Waals surface area contributed by atoms with E-state index in [9.17, 15) is 13.2 Å². The predicted molar refractivity (Wildman–Crippen MR) is 71.5 cm³/mol. The van der Waals surface area contributed by atoms with Gasteiger partial charge in [-0.05, 0) is 22.9 Å². The summed E-state index contributed by atoms with van der Waals surface area (Å²) in [5.74, 6) is 0.508. The lowest BCUT2D eigenvalue weighted by Gasteiger charge is -2.07. The zero-order valence-electron chi connectivity index (χ0n) is 10.1. The molecule has 0 amide bonds. The second-order valence-corrected chi connectivity index (χ2v) is 5.19. The Morgan fingerprint density at radius 2 is 1.74 bits per heavy atom. The molecule has 0 saturated heterocycles. The maximum absolute atomic E-state index is 11.8. The second-order valence-electron chi connectivity index (χ2n) is 4.03. The van der Waals surface area contributed by atoms with Crippen LogP contribution in [0, 0.1) is 0 Å². The third kappa shape index (κ3) is 4.76. The molecule has 0 N–H and O–H groups in total. The molecule has 0 bridgehead atoms. The summed E-state index contributed by atoms with van der Waals surface area (Å²) >= 11 is 1.49. The lowest BCUT2D eigenvalue weighted by atomic mass is 10.1. The Kier molecular flexibility index (Phi) is 4.71. The van der Waals surface area contributed by atoms with Crippen LogP contribution in [-0.4, -0.2) is 25.1 Å². The fraction of sp³-hybridized carbons (Fsp3) is 0.286. The number of ether oxygens (including phenoxy) is 1. The topological polar surface area (TPSA) is 9.23 Å². The molecule has 102 valence electrons. The molecule has 0 atom stereocenters. The van der Waals surface area contributed by atoms with Gasteiger partial charge in [-0.25, -0.2) is 0 Å². The molecule has 0 fully saturated rings. The van der Waals surface area contributed by atoms with Gasteiger partial charge < -0.3 is 4.74 Å². The van der Waals surface area contributed by atoms with Crippen LogP contribution in [0.1, 0.15) is 0 Å². The number of rotatable bonds is 5. The SMILES string of the molecule is FC(F)(F)COCCSc1ccc2ccccc2c1. The molecule has 0 saturated carbocycles. The van der Waals surface area contributed by atoms with Gasteiger partial charge in [-0.2, -0.15) is 13.2 Å². The molecule has 2 aromatic rings. The molecule has 0 unspecified atom stereocenters. The Morgan fingerprint density at radius 3 is 2.47 bits per heavy atom. The van der Waals surface area contributed by atoms with Crippen LogP contribution in [0.5, 0.6) is 0 Å². The first-order valence-electron chi connectivity index (χ1n) is 5.81. The van der Waals surface area contributed by atoms with Crippen molar-refractivity contribution in [2.24, 2.45) is 0 Å². The molecule has 19 heavy (non-hydrogen) atoms. The van der Waals surface area contributed by atoms with Crippen molar-refractivity contribution in [1.29, 1.82) is 0 Å². The van der Waals surface area contributed by atoms with Gasteiger partial charge in [0.05, 0.1) is 6.61 Å². The third-order valence-corrected chi connectivity index (χ3v) is 3.44. The van der Waals surface area contributed by atoms with Crippen LogP contribution in [0.2, 0.25) is 0 Å². The van der Waals surface area contributed by atoms with E-state index in [1.165, 1.54) is 11.8 Å². The summed E-state index contributed by atoms with van der Waals surface area (Å²) in [5.41, 5.74) is 0. The van der Waals surface area contributed by atoms with Gasteiger partial charge in [0, 0.05) is 10.6 Å². The summed E-state index contributed by atoms with van der Waals surface area (Å²) in [6.45, 7) is -1.08. The van der Waals surface area contributed by atoms with Crippen LogP contribution >= 0.6 is 11.8 Å². The lowest BCUT2D eigenvalue weighted by molar-refractivity contribution is -0.172. The summed E-state index contributed by atoms with van der Waals surface area (Å²) in [6, 6.07) is 14.0. The van der Waals surface area contributed by atoms with Gasteiger partial charge >= 0.3 is 6.18 Å². The maximum Gasteiger partial charge on any atom is 0.411 e. The van der Waals surface area contributed by atoms with Crippen molar-refractivity contribution in [2.45, 2.75) is 11.1 Å². The third-order valence-electron chi connectivity index (χ3n) is 2.48. The molecule has 5 heteroatoms. The average Bonchev–Trinajstić information content (AvgIpc) is 2.37. The van der Waals surface area contributed by atoms with Crippen LogP contribution in [0.25, 0.3) is 10.8 Å². The van der Waals surface area contributed by atoms with E-state index in [1.54, 1.807) is 0 Å². The van der Waals surface area contributed by atoms with Gasteiger partial charge in [0.15, 0.2) is 0 Å². The molecule has 2 rings (SSSR count). The van der Waals surface area contributed by atoms with Gasteiger partial charge in [0.25, 0.3) is 0 Å². The minimum atomic E-state index is -4.24. The van der Waals surface area contributed by atoms with E-state index in [1.807, 2.05) is 42.5 Å². The standard InChI is InChI=1S/C14H13F3OS/c15-14(16,17)10-18-7-8-19-13-6-5-11-3-1-2-4-12(11)9-13/h1-6,9H,7-8,10H2. The fourth-order valence-electron chi connectivity index (χ4n) is 1.66. The van der Waals surface area contributed by atoms with Gasteiger partial charge in [-0.1, -0.05) is 30.3 Å². The molecule has 2 aromatic carbocycles. The Labute approximate surface area is 113 Å². The normalized spacial score (nSPS) is 11.9. The van der Waals surface area contributed by atoms with Crippen LogP contribution in [0.4, 0.5) is 13.2 Å². The summed E-state index contributed by atoms with van der Waals surface area (Å²) < 4.78 is 40.1. The monoisotopic (exact) mass is 286 g/mol. The maximum atomic E-state index is 11.8. The largest absolute Gasteiger partial charge is 0.411 e. The van der Waals surface area contributed by atoms with Crippen molar-refractivity contribution in [3.05, 3.63) is 42.5 Å². The second kappa shape index (κ2) is 6.30. The van der Waals surface area contributed by atoms with E-state index in [2.05, 4.69) is 4.74 Å². The van der Waals surface area contributed by atoms with E-state index in [4.69, 9.17) is 0 Å². The van der Waals surface area contributed by atoms with Crippen LogP contribution in [0.3, 0.4) is 0 Å². The highest BCUT2D eigenvalue weighted by Gasteiger charge is 2.27. The van der Waals surface area contributed by atoms with Crippen molar-refractivity contribution >= 4 is 22.5 Å². The number of halogens is 3. The summed E-state index contributed by atoms with van der Waals surface area (Å²) in [4.78, 5) is 1.04. The van der Waals surface area contributed by atoms with Crippen LogP contribution < -0.4 is 0 Å². The van der Waals surface area contributed by atoms with E-state index in [-0.39, 0.29) is 6.61 Å². The predicted octanol–water partition coefficient (Wildman–Crippen LogP) is 4.51. The first kappa shape index (κ1) is 14.2. The number of fused-ring (bicyclic) bond motifs is 1. The quantitative estimate of drug-likeness (QED) is 0.591. The van der Waals surface area contributed by atoms with Crippen molar-refractivity contribution in [3.8, 4) is 0 Å². The number of hydrogen-bond donors (Lipinski definition) is 0. The first-order chi connectivity index (χ1) is 9.04. The van der Waals surface area contributed by atoms with E-state index in [0.717, 1.165) is 15.7 Å². The molecular formula is C14H13F3OS. The van der Waals surface area contributed by atoms with Gasteiger partial charge in [-0.3, -0.25) is 0 Å². The molecule has 0 aliphatic carbocycles. The van der Waals surface area contributed by atoms with Crippen molar-refractivity contribution < 1.29 is 17.9 Å². The van der Waals surface area contributed by atoms with E-state index < -0.39 is 12.8 Å². The summed E-state index contributed by atoms with van der Waals surface area (Å²) in [5, 5.41) is 2.28. The zero-order chi connectivity index (χ0) is 13.7. The molecule has 0 spiro atoms. The molecule has 0 radical (unpaired) electrons. The van der Waals surface area contributed by atoms with E-state index >= 15 is 0 Å². The highest BCUT2D eigenvalue weighted by molar-refractivity contribution is 7.99. The minimum absolute atomic E-state index is 0.0942. The fourth-order valence-corrected chi connectivity index (χ4v) is 2.47.